The molecule has 0 fully saturated rings. The number of aryl methyl sites for hydroxylation is 2. The molecule has 15 heteroatoms. The van der Waals surface area contributed by atoms with Crippen LogP contribution in [0.5, 0.6) is 0 Å². The summed E-state index contributed by atoms with van der Waals surface area (Å²) in [7, 11) is 0. The van der Waals surface area contributed by atoms with Crippen molar-refractivity contribution < 1.29 is 23.6 Å². The summed E-state index contributed by atoms with van der Waals surface area (Å²) in [6, 6.07) is 11.7. The molecule has 6 rings (SSSR count). The summed E-state index contributed by atoms with van der Waals surface area (Å²) >= 11 is 0. The molecule has 0 unspecified atom stereocenters. The zero-order chi connectivity index (χ0) is 28.4. The highest BCUT2D eigenvalue weighted by Crippen LogP contribution is 2.31. The molecule has 0 saturated carbocycles. The number of amides is 1. The predicted octanol–water partition coefficient (Wildman–Crippen LogP) is 3.23. The van der Waals surface area contributed by atoms with Crippen LogP contribution in [0.1, 0.15) is 63.1 Å². The number of aromatic amines is 1. The Morgan fingerprint density at radius 1 is 1.24 bits per heavy atom. The summed E-state index contributed by atoms with van der Waals surface area (Å²) in [6.45, 7) is 1.79. The van der Waals surface area contributed by atoms with Crippen LogP contribution in [0.2, 0.25) is 0 Å². The number of carbonyl (C=O) groups excluding carboxylic acids is 1. The topological polar surface area (TPSA) is 194 Å². The van der Waals surface area contributed by atoms with Gasteiger partial charge in [-0.3, -0.25) is 14.3 Å². The molecular formula is C27H28ClFN8O5. The summed E-state index contributed by atoms with van der Waals surface area (Å²) in [5.41, 5.74) is 10.3. The van der Waals surface area contributed by atoms with Crippen LogP contribution in [0.4, 0.5) is 4.39 Å². The molecule has 42 heavy (non-hydrogen) atoms. The molecule has 5 N–H and O–H groups in total. The van der Waals surface area contributed by atoms with Crippen LogP contribution in [0, 0.1) is 12.7 Å². The zero-order valence-corrected chi connectivity index (χ0v) is 22.3. The van der Waals surface area contributed by atoms with Crippen LogP contribution in [0.15, 0.2) is 58.0 Å². The molecule has 0 bridgehead atoms. The number of hydrogen-bond acceptors (Lipinski definition) is 9. The number of carboxylic acid groups (broad SMARTS) is 1. The lowest BCUT2D eigenvalue weighted by Gasteiger charge is -2.07. The predicted molar refractivity (Wildman–Crippen MR) is 152 cm³/mol. The van der Waals surface area contributed by atoms with Gasteiger partial charge in [-0.1, -0.05) is 42.1 Å². The van der Waals surface area contributed by atoms with E-state index in [9.17, 15) is 23.9 Å². The number of fused-ring (bicyclic) bond motifs is 2. The fourth-order valence-corrected chi connectivity index (χ4v) is 4.33. The number of nitrogens with one attached hydrogen (secondary N) is 2. The van der Waals surface area contributed by atoms with Gasteiger partial charge in [0.2, 0.25) is 0 Å². The van der Waals surface area contributed by atoms with Gasteiger partial charge in [0, 0.05) is 24.2 Å². The number of benzene rings is 2. The Labute approximate surface area is 244 Å². The molecule has 0 radical (unpaired) electrons. The Balaban J connectivity index is 0.000000235. The Hall–Kier alpha value is -4.95. The number of H-pyrrole nitrogens is 1. The van der Waals surface area contributed by atoms with Crippen molar-refractivity contribution in [3.63, 3.8) is 0 Å². The summed E-state index contributed by atoms with van der Waals surface area (Å²) in [5, 5.41) is 22.6. The monoisotopic (exact) mass is 598 g/mol. The fraction of sp³-hybridized carbons (Fsp3) is 0.222. The first kappa shape index (κ1) is 31.6. The number of aromatic nitrogens is 6. The summed E-state index contributed by atoms with van der Waals surface area (Å²) in [5.74, 6) is -2.20. The van der Waals surface area contributed by atoms with Gasteiger partial charge in [0.05, 0.1) is 6.20 Å². The molecule has 13 nitrogen and oxygen atoms in total. The van der Waals surface area contributed by atoms with Gasteiger partial charge < -0.3 is 16.2 Å². The number of carbonyl (C=O) groups is 2. The third-order valence-electron chi connectivity index (χ3n) is 6.38. The van der Waals surface area contributed by atoms with Gasteiger partial charge in [0.15, 0.2) is 17.2 Å². The van der Waals surface area contributed by atoms with Crippen molar-refractivity contribution in [3.8, 4) is 11.4 Å². The Bertz CT molecular complexity index is 1800. The Morgan fingerprint density at radius 2 is 2.02 bits per heavy atom. The molecule has 0 spiro atoms. The van der Waals surface area contributed by atoms with E-state index in [1.165, 1.54) is 23.4 Å². The smallest absolute Gasteiger partial charge is 0.439 e. The highest BCUT2D eigenvalue weighted by atomic mass is 35.5. The number of nitrogens with zero attached hydrogens (tertiary/aromatic N) is 5. The maximum atomic E-state index is 13.2. The average molecular weight is 599 g/mol. The molecule has 3 heterocycles. The van der Waals surface area contributed by atoms with Gasteiger partial charge in [0.25, 0.3) is 5.91 Å². The molecule has 5 aromatic rings. The lowest BCUT2D eigenvalue weighted by Crippen LogP contribution is -2.25. The second-order valence-electron chi connectivity index (χ2n) is 9.10. The minimum atomic E-state index is -1.25. The third kappa shape index (κ3) is 6.67. The first-order valence-electron chi connectivity index (χ1n) is 12.1. The van der Waals surface area contributed by atoms with E-state index in [1.54, 1.807) is 19.1 Å². The molecule has 1 aliphatic carbocycles. The van der Waals surface area contributed by atoms with Crippen molar-refractivity contribution in [2.75, 3.05) is 0 Å². The molecule has 1 aliphatic rings. The standard InChI is InChI=1S/C15H12FN5O3.C11H11N3O2.CH4.ClH/c1-8-4-9(2-3-10(8)16)6-17-14(22)11-5-12(15(23)24)21-13(19-11)7-18-20-21;12-9-4-2-6-5-7(1-3-8(6)9)10-13-11(15)16-14-10;;/h2-5,7H,6H2,1H3,(H,17,22)(H,23,24);1,3,5,9H,2,4,12H2,(H,13,14,15);1H4;1H/t;9-;;/m.0../s1. The number of halogens is 2. The highest BCUT2D eigenvalue weighted by molar-refractivity contribution is 5.95. The van der Waals surface area contributed by atoms with Crippen molar-refractivity contribution in [2.24, 2.45) is 5.73 Å². The second kappa shape index (κ2) is 13.1. The van der Waals surface area contributed by atoms with Crippen molar-refractivity contribution in [1.82, 2.24) is 35.3 Å². The summed E-state index contributed by atoms with van der Waals surface area (Å²) in [4.78, 5) is 40.9. The lowest BCUT2D eigenvalue weighted by molar-refractivity contribution is 0.0687. The van der Waals surface area contributed by atoms with E-state index in [2.05, 4.69) is 35.3 Å². The minimum Gasteiger partial charge on any atom is -0.477 e. The second-order valence-corrected chi connectivity index (χ2v) is 9.10. The van der Waals surface area contributed by atoms with E-state index in [4.69, 9.17) is 5.73 Å². The third-order valence-corrected chi connectivity index (χ3v) is 6.38. The fourth-order valence-electron chi connectivity index (χ4n) is 4.33. The van der Waals surface area contributed by atoms with Crippen molar-refractivity contribution in [1.29, 1.82) is 0 Å². The number of aromatic carboxylic acids is 1. The number of rotatable bonds is 5. The zero-order valence-electron chi connectivity index (χ0n) is 21.5. The van der Waals surface area contributed by atoms with Crippen LogP contribution < -0.4 is 16.8 Å². The van der Waals surface area contributed by atoms with Crippen LogP contribution in [0.3, 0.4) is 0 Å². The molecule has 0 saturated heterocycles. The summed E-state index contributed by atoms with van der Waals surface area (Å²) in [6.07, 6.45) is 3.22. The molecule has 1 amide bonds. The van der Waals surface area contributed by atoms with Gasteiger partial charge in [-0.15, -0.1) is 17.5 Å². The molecule has 3 aromatic heterocycles. The van der Waals surface area contributed by atoms with Gasteiger partial charge >= 0.3 is 11.7 Å². The van der Waals surface area contributed by atoms with Crippen LogP contribution >= 0.6 is 12.4 Å². The Kier molecular flexibility index (Phi) is 9.88. The number of carboxylic acids is 1. The van der Waals surface area contributed by atoms with Gasteiger partial charge in [-0.2, -0.15) is 4.52 Å². The first-order chi connectivity index (χ1) is 19.2. The first-order valence-corrected chi connectivity index (χ1v) is 12.1. The van der Waals surface area contributed by atoms with E-state index >= 15 is 0 Å². The largest absolute Gasteiger partial charge is 0.477 e. The van der Waals surface area contributed by atoms with Crippen molar-refractivity contribution in [2.45, 2.75) is 39.8 Å². The van der Waals surface area contributed by atoms with Gasteiger partial charge in [-0.25, -0.2) is 19.0 Å². The molecule has 0 aliphatic heterocycles. The quantitative estimate of drug-likeness (QED) is 0.233. The molecule has 1 atom stereocenters. The highest BCUT2D eigenvalue weighted by Gasteiger charge is 2.20. The molecule has 2 aromatic carbocycles. The van der Waals surface area contributed by atoms with E-state index in [0.717, 1.165) is 29.0 Å². The molecule has 220 valence electrons. The van der Waals surface area contributed by atoms with E-state index in [-0.39, 0.29) is 55.3 Å². The van der Waals surface area contributed by atoms with Crippen molar-refractivity contribution in [3.05, 3.63) is 98.7 Å². The SMILES string of the molecule is C.Cc1cc(CNC(=O)c2cc(C(=O)O)n3nncc3n2)ccc1F.Cl.N[C@H]1CCc2cc(-c3noc(=O)[nH]3)ccc21. The van der Waals surface area contributed by atoms with Crippen LogP contribution in [-0.4, -0.2) is 46.9 Å². The Morgan fingerprint density at radius 3 is 2.71 bits per heavy atom. The van der Waals surface area contributed by atoms with E-state index in [0.29, 0.717) is 17.0 Å². The van der Waals surface area contributed by atoms with Gasteiger partial charge in [0.1, 0.15) is 11.5 Å². The summed E-state index contributed by atoms with van der Waals surface area (Å²) < 4.78 is 18.7. The average Bonchev–Trinajstić information content (AvgIpc) is 3.68. The maximum Gasteiger partial charge on any atom is 0.439 e. The number of nitrogens with two attached hydrogens (primary N) is 1. The van der Waals surface area contributed by atoms with Gasteiger partial charge in [-0.05, 0) is 54.2 Å². The van der Waals surface area contributed by atoms with E-state index in [1.807, 2.05) is 18.2 Å². The maximum absolute atomic E-state index is 13.2. The van der Waals surface area contributed by atoms with E-state index < -0.39 is 17.6 Å². The lowest BCUT2D eigenvalue weighted by atomic mass is 10.0. The molecular weight excluding hydrogens is 571 g/mol. The van der Waals surface area contributed by atoms with Crippen LogP contribution in [0.25, 0.3) is 17.0 Å². The van der Waals surface area contributed by atoms with Crippen LogP contribution in [-0.2, 0) is 13.0 Å². The number of hydrogen-bond donors (Lipinski definition) is 4. The normalized spacial score (nSPS) is 13.3. The van der Waals surface area contributed by atoms with Crippen molar-refractivity contribution >= 4 is 29.9 Å². The minimum absolute atomic E-state index is 0.